The Balaban J connectivity index is 2.03. The molecule has 0 aromatic heterocycles. The van der Waals surface area contributed by atoms with E-state index in [4.69, 9.17) is 0 Å². The van der Waals surface area contributed by atoms with Crippen molar-refractivity contribution in [2.75, 3.05) is 24.6 Å². The first kappa shape index (κ1) is 15.0. The lowest BCUT2D eigenvalue weighted by atomic mass is 10.1. The zero-order valence-corrected chi connectivity index (χ0v) is 11.9. The van der Waals surface area contributed by atoms with Crippen LogP contribution < -0.4 is 5.32 Å². The molecule has 1 aliphatic carbocycles. The van der Waals surface area contributed by atoms with Gasteiger partial charge in [-0.3, -0.25) is 0 Å². The molecule has 0 bridgehead atoms. The Morgan fingerprint density at radius 2 is 1.82 bits per heavy atom. The lowest BCUT2D eigenvalue weighted by molar-refractivity contribution is 0.497. The van der Waals surface area contributed by atoms with Crippen molar-refractivity contribution < 1.29 is 8.42 Å². The molecule has 1 aliphatic rings. The molecule has 0 radical (unpaired) electrons. The van der Waals surface area contributed by atoms with Gasteiger partial charge in [-0.15, -0.1) is 0 Å². The molecule has 0 aromatic rings. The minimum absolute atomic E-state index is 0.309. The lowest BCUT2D eigenvalue weighted by Crippen LogP contribution is -2.28. The normalized spacial score (nSPS) is 17.7. The highest BCUT2D eigenvalue weighted by molar-refractivity contribution is 7.91. The average Bonchev–Trinajstić information content (AvgIpc) is 2.77. The second kappa shape index (κ2) is 8.09. The predicted octanol–water partition coefficient (Wildman–Crippen LogP) is 2.37. The SMILES string of the molecule is CCCCCS(=O)(=O)CCNCC1CCCC1. The van der Waals surface area contributed by atoms with Crippen LogP contribution >= 0.6 is 0 Å². The summed E-state index contributed by atoms with van der Waals surface area (Å²) in [6.45, 7) is 3.73. The van der Waals surface area contributed by atoms with Crippen LogP contribution in [0.2, 0.25) is 0 Å². The third-order valence-corrected chi connectivity index (χ3v) is 5.29. The average molecular weight is 261 g/mol. The molecule has 0 unspecified atom stereocenters. The van der Waals surface area contributed by atoms with E-state index in [-0.39, 0.29) is 0 Å². The molecule has 102 valence electrons. The summed E-state index contributed by atoms with van der Waals surface area (Å²) in [5.74, 6) is 1.47. The summed E-state index contributed by atoms with van der Waals surface area (Å²) < 4.78 is 23.3. The van der Waals surface area contributed by atoms with Crippen LogP contribution in [0.5, 0.6) is 0 Å². The minimum atomic E-state index is -2.81. The van der Waals surface area contributed by atoms with Gasteiger partial charge in [0.25, 0.3) is 0 Å². The molecule has 0 spiro atoms. The molecule has 4 heteroatoms. The lowest BCUT2D eigenvalue weighted by Gasteiger charge is -2.10. The van der Waals surface area contributed by atoms with E-state index < -0.39 is 9.84 Å². The summed E-state index contributed by atoms with van der Waals surface area (Å²) in [5.41, 5.74) is 0. The fourth-order valence-corrected chi connectivity index (χ4v) is 3.73. The van der Waals surface area contributed by atoms with E-state index in [0.29, 0.717) is 18.1 Å². The number of sulfone groups is 1. The van der Waals surface area contributed by atoms with Crippen LogP contribution in [0.4, 0.5) is 0 Å². The molecular formula is C13H27NO2S. The Hall–Kier alpha value is -0.0900. The Bertz CT molecular complexity index is 282. The maximum absolute atomic E-state index is 11.7. The van der Waals surface area contributed by atoms with Gasteiger partial charge in [-0.25, -0.2) is 8.42 Å². The summed E-state index contributed by atoms with van der Waals surface area (Å²) >= 11 is 0. The molecule has 1 saturated carbocycles. The van der Waals surface area contributed by atoms with Gasteiger partial charge >= 0.3 is 0 Å². The van der Waals surface area contributed by atoms with Gasteiger partial charge in [0, 0.05) is 6.54 Å². The van der Waals surface area contributed by atoms with E-state index in [9.17, 15) is 8.42 Å². The third kappa shape index (κ3) is 7.04. The zero-order valence-electron chi connectivity index (χ0n) is 11.1. The molecule has 1 fully saturated rings. The molecule has 0 aliphatic heterocycles. The van der Waals surface area contributed by atoms with Gasteiger partial charge in [-0.05, 0) is 31.7 Å². The van der Waals surface area contributed by atoms with Gasteiger partial charge in [0.2, 0.25) is 0 Å². The van der Waals surface area contributed by atoms with Gasteiger partial charge in [0.1, 0.15) is 0 Å². The number of rotatable bonds is 9. The van der Waals surface area contributed by atoms with E-state index in [1.54, 1.807) is 0 Å². The van der Waals surface area contributed by atoms with Gasteiger partial charge < -0.3 is 5.32 Å². The smallest absolute Gasteiger partial charge is 0.151 e. The first-order chi connectivity index (χ1) is 8.14. The molecular weight excluding hydrogens is 234 g/mol. The highest BCUT2D eigenvalue weighted by atomic mass is 32.2. The van der Waals surface area contributed by atoms with Gasteiger partial charge in [0.15, 0.2) is 9.84 Å². The van der Waals surface area contributed by atoms with Crippen molar-refractivity contribution in [1.82, 2.24) is 5.32 Å². The summed E-state index contributed by atoms with van der Waals surface area (Å²) in [4.78, 5) is 0. The van der Waals surface area contributed by atoms with Crippen LogP contribution in [0.3, 0.4) is 0 Å². The molecule has 0 atom stereocenters. The fraction of sp³-hybridized carbons (Fsp3) is 1.00. The maximum atomic E-state index is 11.7. The van der Waals surface area contributed by atoms with Crippen molar-refractivity contribution in [3.8, 4) is 0 Å². The standard InChI is InChI=1S/C13H27NO2S/c1-2-3-6-10-17(15,16)11-9-14-12-13-7-4-5-8-13/h13-14H,2-12H2,1H3. The van der Waals surface area contributed by atoms with E-state index in [1.807, 2.05) is 0 Å². The van der Waals surface area contributed by atoms with Crippen LogP contribution in [0.25, 0.3) is 0 Å². The largest absolute Gasteiger partial charge is 0.315 e. The van der Waals surface area contributed by atoms with Crippen molar-refractivity contribution >= 4 is 9.84 Å². The topological polar surface area (TPSA) is 46.2 Å². The van der Waals surface area contributed by atoms with Crippen molar-refractivity contribution in [2.45, 2.75) is 51.9 Å². The number of unbranched alkanes of at least 4 members (excludes halogenated alkanes) is 2. The summed E-state index contributed by atoms with van der Waals surface area (Å²) in [7, 11) is -2.81. The van der Waals surface area contributed by atoms with E-state index in [0.717, 1.165) is 31.7 Å². The molecule has 1 N–H and O–H groups in total. The second-order valence-electron chi connectivity index (χ2n) is 5.21. The zero-order chi connectivity index (χ0) is 12.6. The highest BCUT2D eigenvalue weighted by Crippen LogP contribution is 2.23. The monoisotopic (exact) mass is 261 g/mol. The van der Waals surface area contributed by atoms with Crippen LogP contribution in [0.15, 0.2) is 0 Å². The molecule has 3 nitrogen and oxygen atoms in total. The summed E-state index contributed by atoms with van der Waals surface area (Å²) in [6, 6.07) is 0. The van der Waals surface area contributed by atoms with E-state index >= 15 is 0 Å². The number of hydrogen-bond acceptors (Lipinski definition) is 3. The van der Waals surface area contributed by atoms with E-state index in [2.05, 4.69) is 12.2 Å². The van der Waals surface area contributed by atoms with E-state index in [1.165, 1.54) is 25.7 Å². The number of nitrogens with one attached hydrogen (secondary N) is 1. The van der Waals surface area contributed by atoms with Crippen LogP contribution in [-0.2, 0) is 9.84 Å². The number of hydrogen-bond donors (Lipinski definition) is 1. The minimum Gasteiger partial charge on any atom is -0.315 e. The molecule has 0 aromatic carbocycles. The van der Waals surface area contributed by atoms with Crippen LogP contribution in [0, 0.1) is 5.92 Å². The third-order valence-electron chi connectivity index (χ3n) is 3.56. The van der Waals surface area contributed by atoms with Crippen LogP contribution in [-0.4, -0.2) is 33.0 Å². The molecule has 0 amide bonds. The first-order valence-corrected chi connectivity index (χ1v) is 8.87. The molecule has 17 heavy (non-hydrogen) atoms. The second-order valence-corrected chi connectivity index (χ2v) is 7.52. The Kier molecular flexibility index (Phi) is 7.12. The van der Waals surface area contributed by atoms with Crippen molar-refractivity contribution in [3.63, 3.8) is 0 Å². The highest BCUT2D eigenvalue weighted by Gasteiger charge is 2.15. The Morgan fingerprint density at radius 1 is 1.12 bits per heavy atom. The Labute approximate surface area is 106 Å². The molecule has 0 heterocycles. The predicted molar refractivity (Wildman–Crippen MR) is 73.0 cm³/mol. The first-order valence-electron chi connectivity index (χ1n) is 7.05. The van der Waals surface area contributed by atoms with Gasteiger partial charge in [0.05, 0.1) is 11.5 Å². The summed E-state index contributed by atoms with van der Waals surface area (Å²) in [6.07, 6.45) is 8.25. The Morgan fingerprint density at radius 3 is 2.47 bits per heavy atom. The maximum Gasteiger partial charge on any atom is 0.151 e. The fourth-order valence-electron chi connectivity index (χ4n) is 2.42. The van der Waals surface area contributed by atoms with Crippen molar-refractivity contribution in [1.29, 1.82) is 0 Å². The quantitative estimate of drug-likeness (QED) is 0.648. The van der Waals surface area contributed by atoms with Crippen LogP contribution in [0.1, 0.15) is 51.9 Å². The van der Waals surface area contributed by atoms with Gasteiger partial charge in [-0.2, -0.15) is 0 Å². The van der Waals surface area contributed by atoms with Crippen molar-refractivity contribution in [3.05, 3.63) is 0 Å². The van der Waals surface area contributed by atoms with Crippen molar-refractivity contribution in [2.24, 2.45) is 5.92 Å². The summed E-state index contributed by atoms with van der Waals surface area (Å²) in [5, 5.41) is 3.29. The van der Waals surface area contributed by atoms with Gasteiger partial charge in [-0.1, -0.05) is 32.6 Å². The molecule has 1 rings (SSSR count). The molecule has 0 saturated heterocycles.